The third kappa shape index (κ3) is 5.50. The van der Waals surface area contributed by atoms with Crippen LogP contribution in [0.15, 0.2) is 97.3 Å². The van der Waals surface area contributed by atoms with Crippen molar-refractivity contribution in [3.05, 3.63) is 120 Å². The lowest BCUT2D eigenvalue weighted by Gasteiger charge is -2.35. The van der Waals surface area contributed by atoms with Crippen LogP contribution in [-0.4, -0.2) is 34.1 Å². The van der Waals surface area contributed by atoms with E-state index in [0.717, 1.165) is 16.7 Å². The zero-order valence-electron chi connectivity index (χ0n) is 20.6. The van der Waals surface area contributed by atoms with E-state index < -0.39 is 13.1 Å². The Balaban J connectivity index is 1.77. The average Bonchev–Trinajstić information content (AvgIpc) is 3.41. The van der Waals surface area contributed by atoms with Gasteiger partial charge in [0.05, 0.1) is 24.6 Å². The summed E-state index contributed by atoms with van der Waals surface area (Å²) in [5, 5.41) is 4.63. The van der Waals surface area contributed by atoms with Gasteiger partial charge in [-0.3, -0.25) is 4.57 Å². The quantitative estimate of drug-likeness (QED) is 0.127. The lowest BCUT2D eigenvalue weighted by atomic mass is 9.77. The van der Waals surface area contributed by atoms with Crippen molar-refractivity contribution in [3.63, 3.8) is 0 Å². The molecular formula is C28H32N3O3PS. The molecule has 0 saturated carbocycles. The molecule has 0 aliphatic carbocycles. The molecule has 4 rings (SSSR count). The third-order valence-electron chi connectivity index (χ3n) is 6.05. The first-order chi connectivity index (χ1) is 17.5. The number of rotatable bonds is 12. The van der Waals surface area contributed by atoms with E-state index in [9.17, 15) is 4.57 Å². The number of hydrogen-bond acceptors (Lipinski definition) is 6. The highest BCUT2D eigenvalue weighted by Crippen LogP contribution is 2.50. The van der Waals surface area contributed by atoms with E-state index in [2.05, 4.69) is 41.4 Å². The molecule has 0 N–H and O–H groups in total. The summed E-state index contributed by atoms with van der Waals surface area (Å²) >= 11 is 4.77. The fourth-order valence-corrected chi connectivity index (χ4v) is 6.64. The van der Waals surface area contributed by atoms with Crippen LogP contribution >= 0.6 is 20.2 Å². The Morgan fingerprint density at radius 1 is 0.833 bits per heavy atom. The standard InChI is InChI=1S/C28H32N3O3PS/c1-3-33-35(32,34-4-2)21-20-26(36)27-29-22-31(30-27)28(23-14-8-5-9-15-23,24-16-10-6-11-17-24)25-18-12-7-13-19-25/h5-19,22,26,36H,3-4,20-21H2,1-2H3. The fraction of sp³-hybridized carbons (Fsp3) is 0.286. The minimum atomic E-state index is -3.17. The van der Waals surface area contributed by atoms with Crippen molar-refractivity contribution in [1.82, 2.24) is 14.8 Å². The first kappa shape index (κ1) is 26.4. The maximum atomic E-state index is 12.9. The van der Waals surface area contributed by atoms with Crippen LogP contribution in [0.5, 0.6) is 0 Å². The van der Waals surface area contributed by atoms with Gasteiger partial charge in [-0.05, 0) is 37.0 Å². The smallest absolute Gasteiger partial charge is 0.309 e. The van der Waals surface area contributed by atoms with Crippen LogP contribution in [0.25, 0.3) is 0 Å². The summed E-state index contributed by atoms with van der Waals surface area (Å²) < 4.78 is 25.7. The van der Waals surface area contributed by atoms with Gasteiger partial charge in [0.15, 0.2) is 5.82 Å². The van der Waals surface area contributed by atoms with Gasteiger partial charge in [-0.15, -0.1) is 0 Å². The molecule has 1 atom stereocenters. The van der Waals surface area contributed by atoms with Crippen LogP contribution in [0.1, 0.15) is 48.0 Å². The number of nitrogens with zero attached hydrogens (tertiary/aromatic N) is 3. The molecule has 6 nitrogen and oxygen atoms in total. The summed E-state index contributed by atoms with van der Waals surface area (Å²) in [4.78, 5) is 4.66. The molecule has 0 spiro atoms. The van der Waals surface area contributed by atoms with Gasteiger partial charge < -0.3 is 9.05 Å². The summed E-state index contributed by atoms with van der Waals surface area (Å²) in [6.07, 6.45) is 2.47. The third-order valence-corrected chi connectivity index (χ3v) is 8.65. The summed E-state index contributed by atoms with van der Waals surface area (Å²) in [5.74, 6) is 0.560. The molecule has 3 aromatic carbocycles. The molecule has 36 heavy (non-hydrogen) atoms. The van der Waals surface area contributed by atoms with E-state index in [4.69, 9.17) is 26.8 Å². The van der Waals surface area contributed by atoms with Crippen molar-refractivity contribution < 1.29 is 13.6 Å². The van der Waals surface area contributed by atoms with Gasteiger partial charge in [0.1, 0.15) is 11.9 Å². The average molecular weight is 522 g/mol. The number of benzene rings is 3. The second kappa shape index (κ2) is 12.0. The van der Waals surface area contributed by atoms with E-state index in [0.29, 0.717) is 25.5 Å². The zero-order valence-corrected chi connectivity index (χ0v) is 22.4. The molecule has 0 fully saturated rings. The molecular weight excluding hydrogens is 489 g/mol. The van der Waals surface area contributed by atoms with Crippen LogP contribution in [-0.2, 0) is 19.2 Å². The van der Waals surface area contributed by atoms with Gasteiger partial charge in [-0.1, -0.05) is 91.0 Å². The highest BCUT2D eigenvalue weighted by molar-refractivity contribution is 7.80. The van der Waals surface area contributed by atoms with E-state index in [-0.39, 0.29) is 11.4 Å². The van der Waals surface area contributed by atoms with Gasteiger partial charge >= 0.3 is 7.60 Å². The Bertz CT molecular complexity index is 1160. The number of aromatic nitrogens is 3. The van der Waals surface area contributed by atoms with Crippen LogP contribution in [0.2, 0.25) is 0 Å². The SMILES string of the molecule is CCOP(=O)(CCC(S)c1ncn(C(c2ccccc2)(c2ccccc2)c2ccccc2)n1)OCC. The summed E-state index contributed by atoms with van der Waals surface area (Å²) in [7, 11) is -3.17. The lowest BCUT2D eigenvalue weighted by Crippen LogP contribution is -2.38. The van der Waals surface area contributed by atoms with Crippen molar-refractivity contribution in [2.75, 3.05) is 19.4 Å². The second-order valence-electron chi connectivity index (χ2n) is 8.33. The first-order valence-corrected chi connectivity index (χ1v) is 14.4. The Hall–Kier alpha value is -2.70. The van der Waals surface area contributed by atoms with Crippen LogP contribution in [0.4, 0.5) is 0 Å². The predicted molar refractivity (Wildman–Crippen MR) is 147 cm³/mol. The van der Waals surface area contributed by atoms with Gasteiger partial charge in [0.25, 0.3) is 0 Å². The monoisotopic (exact) mass is 521 g/mol. The number of hydrogen-bond donors (Lipinski definition) is 1. The van der Waals surface area contributed by atoms with Crippen LogP contribution in [0.3, 0.4) is 0 Å². The fourth-order valence-electron chi connectivity index (χ4n) is 4.49. The molecule has 0 aliphatic heterocycles. The highest BCUT2D eigenvalue weighted by atomic mass is 32.1. The van der Waals surface area contributed by atoms with Crippen LogP contribution < -0.4 is 0 Å². The van der Waals surface area contributed by atoms with Gasteiger partial charge in [-0.25, -0.2) is 9.67 Å². The molecule has 0 saturated heterocycles. The highest BCUT2D eigenvalue weighted by Gasteiger charge is 2.40. The van der Waals surface area contributed by atoms with Crippen molar-refractivity contribution in [3.8, 4) is 0 Å². The molecule has 1 heterocycles. The molecule has 0 radical (unpaired) electrons. The van der Waals surface area contributed by atoms with E-state index in [1.54, 1.807) is 6.33 Å². The summed E-state index contributed by atoms with van der Waals surface area (Å²) in [6.45, 7) is 4.27. The van der Waals surface area contributed by atoms with Crippen molar-refractivity contribution >= 4 is 20.2 Å². The Morgan fingerprint density at radius 2 is 1.28 bits per heavy atom. The van der Waals surface area contributed by atoms with E-state index >= 15 is 0 Å². The number of thiol groups is 1. The van der Waals surface area contributed by atoms with Crippen LogP contribution in [0, 0.1) is 0 Å². The zero-order chi connectivity index (χ0) is 25.4. The Morgan fingerprint density at radius 3 is 1.69 bits per heavy atom. The molecule has 1 unspecified atom stereocenters. The van der Waals surface area contributed by atoms with Gasteiger partial charge in [-0.2, -0.15) is 17.7 Å². The van der Waals surface area contributed by atoms with E-state index in [1.807, 2.05) is 73.1 Å². The summed E-state index contributed by atoms with van der Waals surface area (Å²) in [5.41, 5.74) is 2.44. The molecule has 4 aromatic rings. The largest absolute Gasteiger partial charge is 0.330 e. The van der Waals surface area contributed by atoms with Crippen molar-refractivity contribution in [2.45, 2.75) is 31.1 Å². The molecule has 0 bridgehead atoms. The Labute approximate surface area is 218 Å². The van der Waals surface area contributed by atoms with Crippen molar-refractivity contribution in [2.24, 2.45) is 0 Å². The normalized spacial score (nSPS) is 13.0. The van der Waals surface area contributed by atoms with Gasteiger partial charge in [0, 0.05) is 0 Å². The second-order valence-corrected chi connectivity index (χ2v) is 11.1. The molecule has 8 heteroatoms. The first-order valence-electron chi connectivity index (χ1n) is 12.2. The maximum absolute atomic E-state index is 12.9. The molecule has 1 aromatic heterocycles. The van der Waals surface area contributed by atoms with Gasteiger partial charge in [0.2, 0.25) is 0 Å². The predicted octanol–water partition coefficient (Wildman–Crippen LogP) is 6.75. The topological polar surface area (TPSA) is 66.2 Å². The maximum Gasteiger partial charge on any atom is 0.330 e. The molecule has 0 amide bonds. The lowest BCUT2D eigenvalue weighted by molar-refractivity contribution is 0.219. The minimum Gasteiger partial charge on any atom is -0.309 e. The van der Waals surface area contributed by atoms with Crippen molar-refractivity contribution in [1.29, 1.82) is 0 Å². The Kier molecular flexibility index (Phi) is 8.81. The molecule has 0 aliphatic rings. The molecule has 188 valence electrons. The van der Waals surface area contributed by atoms with E-state index in [1.165, 1.54) is 0 Å². The minimum absolute atomic E-state index is 0.249. The summed E-state index contributed by atoms with van der Waals surface area (Å²) in [6, 6.07) is 30.9.